The third kappa shape index (κ3) is 4.15. The maximum Gasteiger partial charge on any atom is 0.251 e. The lowest BCUT2D eigenvalue weighted by Crippen LogP contribution is -2.41. The van der Waals surface area contributed by atoms with Gasteiger partial charge in [0.25, 0.3) is 5.91 Å². The number of benzene rings is 2. The van der Waals surface area contributed by atoms with Crippen molar-refractivity contribution < 1.29 is 9.90 Å². The SMILES string of the molecule is CC(O)(CCc1ccccc1)CNC(=O)c1ccc2nsnc2c1. The van der Waals surface area contributed by atoms with Crippen molar-refractivity contribution in [1.29, 1.82) is 0 Å². The number of amides is 1. The highest BCUT2D eigenvalue weighted by molar-refractivity contribution is 7.00. The summed E-state index contributed by atoms with van der Waals surface area (Å²) < 4.78 is 8.25. The van der Waals surface area contributed by atoms with Gasteiger partial charge >= 0.3 is 0 Å². The molecule has 1 unspecified atom stereocenters. The van der Waals surface area contributed by atoms with Crippen molar-refractivity contribution in [2.75, 3.05) is 6.54 Å². The highest BCUT2D eigenvalue weighted by atomic mass is 32.1. The summed E-state index contributed by atoms with van der Waals surface area (Å²) in [4.78, 5) is 12.3. The molecule has 2 aromatic carbocycles. The molecular formula is C18H19N3O2S. The van der Waals surface area contributed by atoms with E-state index in [9.17, 15) is 9.90 Å². The molecule has 3 rings (SSSR count). The van der Waals surface area contributed by atoms with Crippen molar-refractivity contribution in [2.24, 2.45) is 0 Å². The van der Waals surface area contributed by atoms with E-state index in [1.54, 1.807) is 25.1 Å². The minimum atomic E-state index is -0.961. The van der Waals surface area contributed by atoms with Gasteiger partial charge in [0.1, 0.15) is 11.0 Å². The second-order valence-electron chi connectivity index (χ2n) is 6.13. The number of aromatic nitrogens is 2. The molecule has 1 heterocycles. The predicted octanol–water partition coefficient (Wildman–Crippen LogP) is 2.80. The Balaban J connectivity index is 1.56. The maximum atomic E-state index is 12.3. The van der Waals surface area contributed by atoms with E-state index in [0.717, 1.165) is 23.7 Å². The van der Waals surface area contributed by atoms with E-state index in [-0.39, 0.29) is 12.5 Å². The zero-order valence-electron chi connectivity index (χ0n) is 13.4. The maximum absolute atomic E-state index is 12.3. The van der Waals surface area contributed by atoms with Crippen LogP contribution in [0.25, 0.3) is 11.0 Å². The van der Waals surface area contributed by atoms with Crippen LogP contribution in [0, 0.1) is 0 Å². The van der Waals surface area contributed by atoms with Crippen molar-refractivity contribution in [2.45, 2.75) is 25.4 Å². The van der Waals surface area contributed by atoms with Crippen LogP contribution in [0.4, 0.5) is 0 Å². The van der Waals surface area contributed by atoms with Crippen molar-refractivity contribution in [3.63, 3.8) is 0 Å². The molecule has 0 saturated carbocycles. The van der Waals surface area contributed by atoms with Crippen LogP contribution in [0.15, 0.2) is 48.5 Å². The van der Waals surface area contributed by atoms with Crippen LogP contribution >= 0.6 is 11.7 Å². The molecule has 124 valence electrons. The molecule has 0 aliphatic rings. The highest BCUT2D eigenvalue weighted by Gasteiger charge is 2.21. The lowest BCUT2D eigenvalue weighted by molar-refractivity contribution is 0.0478. The standard InChI is InChI=1S/C18H19N3O2S/c1-18(23,10-9-13-5-3-2-4-6-13)12-19-17(22)14-7-8-15-16(11-14)21-24-20-15/h2-8,11,23H,9-10,12H2,1H3,(H,19,22). The predicted molar refractivity (Wildman–Crippen MR) is 95.1 cm³/mol. The first kappa shape index (κ1) is 16.5. The topological polar surface area (TPSA) is 75.1 Å². The second-order valence-corrected chi connectivity index (χ2v) is 6.66. The van der Waals surface area contributed by atoms with Crippen molar-refractivity contribution in [3.05, 3.63) is 59.7 Å². The van der Waals surface area contributed by atoms with E-state index >= 15 is 0 Å². The number of aryl methyl sites for hydroxylation is 1. The van der Waals surface area contributed by atoms with Gasteiger partial charge in [-0.15, -0.1) is 0 Å². The molecule has 24 heavy (non-hydrogen) atoms. The van der Waals surface area contributed by atoms with E-state index in [2.05, 4.69) is 14.1 Å². The molecule has 0 radical (unpaired) electrons. The zero-order chi connectivity index (χ0) is 17.0. The first-order chi connectivity index (χ1) is 11.5. The Morgan fingerprint density at radius 1 is 1.17 bits per heavy atom. The number of fused-ring (bicyclic) bond motifs is 1. The van der Waals surface area contributed by atoms with Gasteiger partial charge in [0, 0.05) is 12.1 Å². The Morgan fingerprint density at radius 2 is 1.92 bits per heavy atom. The van der Waals surface area contributed by atoms with Crippen molar-refractivity contribution in [3.8, 4) is 0 Å². The first-order valence-electron chi connectivity index (χ1n) is 7.80. The molecule has 0 aliphatic heterocycles. The van der Waals surface area contributed by atoms with Gasteiger partial charge in [-0.05, 0) is 43.5 Å². The van der Waals surface area contributed by atoms with E-state index in [1.165, 1.54) is 5.56 Å². The fourth-order valence-electron chi connectivity index (χ4n) is 2.44. The molecule has 6 heteroatoms. The lowest BCUT2D eigenvalue weighted by Gasteiger charge is -2.23. The summed E-state index contributed by atoms with van der Waals surface area (Å²) in [6.07, 6.45) is 1.34. The van der Waals surface area contributed by atoms with Gasteiger partial charge in [0.2, 0.25) is 0 Å². The molecule has 0 saturated heterocycles. The normalized spacial score (nSPS) is 13.6. The largest absolute Gasteiger partial charge is 0.388 e. The quantitative estimate of drug-likeness (QED) is 0.723. The minimum absolute atomic E-state index is 0.200. The molecule has 0 aliphatic carbocycles. The Bertz CT molecular complexity index is 830. The number of nitrogens with one attached hydrogen (secondary N) is 1. The van der Waals surface area contributed by atoms with Gasteiger partial charge in [-0.2, -0.15) is 8.75 Å². The molecule has 5 nitrogen and oxygen atoms in total. The number of hydrogen-bond acceptors (Lipinski definition) is 5. The Kier molecular flexibility index (Phi) is 4.87. The zero-order valence-corrected chi connectivity index (χ0v) is 14.2. The molecule has 2 N–H and O–H groups in total. The smallest absolute Gasteiger partial charge is 0.251 e. The number of carbonyl (C=O) groups excluding carboxylic acids is 1. The monoisotopic (exact) mass is 341 g/mol. The van der Waals surface area contributed by atoms with Gasteiger partial charge in [0.15, 0.2) is 0 Å². The minimum Gasteiger partial charge on any atom is -0.388 e. The van der Waals surface area contributed by atoms with Gasteiger partial charge in [-0.3, -0.25) is 4.79 Å². The highest BCUT2D eigenvalue weighted by Crippen LogP contribution is 2.15. The Morgan fingerprint density at radius 3 is 2.71 bits per heavy atom. The average Bonchev–Trinajstić information content (AvgIpc) is 3.07. The van der Waals surface area contributed by atoms with Gasteiger partial charge < -0.3 is 10.4 Å². The molecular weight excluding hydrogens is 322 g/mol. The third-order valence-corrected chi connectivity index (χ3v) is 4.50. The van der Waals surface area contributed by atoms with Crippen LogP contribution in [-0.2, 0) is 6.42 Å². The molecule has 3 aromatic rings. The third-order valence-electron chi connectivity index (χ3n) is 3.94. The van der Waals surface area contributed by atoms with Crippen LogP contribution in [0.1, 0.15) is 29.3 Å². The average molecular weight is 341 g/mol. The molecule has 0 spiro atoms. The summed E-state index contributed by atoms with van der Waals surface area (Å²) in [7, 11) is 0. The summed E-state index contributed by atoms with van der Waals surface area (Å²) in [5.74, 6) is -0.218. The van der Waals surface area contributed by atoms with Crippen LogP contribution in [0.5, 0.6) is 0 Å². The summed E-state index contributed by atoms with van der Waals surface area (Å²) in [5, 5.41) is 13.3. The molecule has 1 amide bonds. The Hall–Kier alpha value is -2.31. The van der Waals surface area contributed by atoms with Gasteiger partial charge in [-0.1, -0.05) is 30.3 Å². The van der Waals surface area contributed by atoms with Crippen molar-refractivity contribution in [1.82, 2.24) is 14.1 Å². The van der Waals surface area contributed by atoms with E-state index < -0.39 is 5.60 Å². The number of carbonyl (C=O) groups is 1. The lowest BCUT2D eigenvalue weighted by atomic mass is 9.96. The van der Waals surface area contributed by atoms with E-state index in [1.807, 2.05) is 30.3 Å². The van der Waals surface area contributed by atoms with Crippen LogP contribution in [-0.4, -0.2) is 31.9 Å². The molecule has 0 bridgehead atoms. The van der Waals surface area contributed by atoms with Gasteiger partial charge in [0.05, 0.1) is 17.3 Å². The first-order valence-corrected chi connectivity index (χ1v) is 8.53. The molecule has 1 aromatic heterocycles. The van der Waals surface area contributed by atoms with E-state index in [4.69, 9.17) is 0 Å². The van der Waals surface area contributed by atoms with Gasteiger partial charge in [-0.25, -0.2) is 0 Å². The van der Waals surface area contributed by atoms with Crippen LogP contribution < -0.4 is 5.32 Å². The second kappa shape index (κ2) is 7.07. The Labute approximate surface area is 144 Å². The summed E-state index contributed by atoms with van der Waals surface area (Å²) in [5.41, 5.74) is 2.23. The number of nitrogens with zero attached hydrogens (tertiary/aromatic N) is 2. The van der Waals surface area contributed by atoms with E-state index in [0.29, 0.717) is 17.5 Å². The number of rotatable bonds is 6. The van der Waals surface area contributed by atoms with Crippen LogP contribution in [0.2, 0.25) is 0 Å². The number of hydrogen-bond donors (Lipinski definition) is 2. The summed E-state index contributed by atoms with van der Waals surface area (Å²) >= 11 is 1.12. The fourth-order valence-corrected chi connectivity index (χ4v) is 2.96. The molecule has 1 atom stereocenters. The molecule has 0 fully saturated rings. The summed E-state index contributed by atoms with van der Waals surface area (Å²) in [6, 6.07) is 15.2. The number of aliphatic hydroxyl groups is 1. The van der Waals surface area contributed by atoms with Crippen LogP contribution in [0.3, 0.4) is 0 Å². The van der Waals surface area contributed by atoms with Crippen molar-refractivity contribution >= 4 is 28.7 Å². The summed E-state index contributed by atoms with van der Waals surface area (Å²) in [6.45, 7) is 1.94. The fraction of sp³-hybridized carbons (Fsp3) is 0.278.